The molecule has 0 aliphatic carbocycles. The van der Waals surface area contributed by atoms with Crippen molar-refractivity contribution in [1.29, 1.82) is 0 Å². The van der Waals surface area contributed by atoms with Gasteiger partial charge in [0.05, 0.1) is 13.1 Å². The Balaban J connectivity index is 1.76. The number of H-pyrrole nitrogens is 1. The minimum Gasteiger partial charge on any atom is -0.321 e. The van der Waals surface area contributed by atoms with Gasteiger partial charge in [0.1, 0.15) is 11.6 Å². The lowest BCUT2D eigenvalue weighted by atomic mass is 10.1. The molecule has 2 aromatic heterocycles. The average Bonchev–Trinajstić information content (AvgIpc) is 3.15. The van der Waals surface area contributed by atoms with Gasteiger partial charge in [0.2, 0.25) is 0 Å². The van der Waals surface area contributed by atoms with E-state index in [1.165, 1.54) is 10.6 Å². The van der Waals surface area contributed by atoms with Gasteiger partial charge in [-0.25, -0.2) is 14.2 Å². The van der Waals surface area contributed by atoms with E-state index in [-0.39, 0.29) is 5.82 Å². The molecule has 178 valence electrons. The predicted octanol–water partition coefficient (Wildman–Crippen LogP) is 3.75. The van der Waals surface area contributed by atoms with Gasteiger partial charge in [0.15, 0.2) is 11.2 Å². The summed E-state index contributed by atoms with van der Waals surface area (Å²) in [6.45, 7) is 5.95. The van der Waals surface area contributed by atoms with Crippen molar-refractivity contribution >= 4 is 11.2 Å². The standard InChI is InChI=1S/C26H30FN5O2/c1-18(2)13-14-31-22(17-30(3)16-20-11-7-8-12-21(20)27)28-24-23(31)25(33)29-26(34)32(24)15-19-9-5-4-6-10-19/h4-12,18H,13-17H2,1-3H3,(H,29,33,34). The summed E-state index contributed by atoms with van der Waals surface area (Å²) in [6.07, 6.45) is 0.854. The monoisotopic (exact) mass is 463 g/mol. The maximum Gasteiger partial charge on any atom is 0.330 e. The molecule has 0 aliphatic heterocycles. The van der Waals surface area contributed by atoms with Crippen molar-refractivity contribution in [3.63, 3.8) is 0 Å². The molecule has 4 aromatic rings. The summed E-state index contributed by atoms with van der Waals surface area (Å²) in [6, 6.07) is 16.3. The number of nitrogens with one attached hydrogen (secondary N) is 1. The zero-order valence-corrected chi connectivity index (χ0v) is 19.8. The molecule has 2 aromatic carbocycles. The molecule has 0 bridgehead atoms. The van der Waals surface area contributed by atoms with Crippen LogP contribution in [0.2, 0.25) is 0 Å². The third-order valence-corrected chi connectivity index (χ3v) is 5.89. The Morgan fingerprint density at radius 1 is 1.00 bits per heavy atom. The molecule has 34 heavy (non-hydrogen) atoms. The van der Waals surface area contributed by atoms with E-state index >= 15 is 0 Å². The second kappa shape index (κ2) is 10.2. The van der Waals surface area contributed by atoms with Crippen molar-refractivity contribution in [1.82, 2.24) is 24.0 Å². The summed E-state index contributed by atoms with van der Waals surface area (Å²) in [7, 11) is 1.89. The highest BCUT2D eigenvalue weighted by atomic mass is 19.1. The molecule has 7 nitrogen and oxygen atoms in total. The number of hydrogen-bond acceptors (Lipinski definition) is 4. The zero-order chi connectivity index (χ0) is 24.2. The molecule has 1 N–H and O–H groups in total. The van der Waals surface area contributed by atoms with Crippen LogP contribution in [-0.2, 0) is 26.2 Å². The number of aryl methyl sites for hydroxylation is 1. The lowest BCUT2D eigenvalue weighted by molar-refractivity contribution is 0.299. The van der Waals surface area contributed by atoms with Gasteiger partial charge < -0.3 is 4.57 Å². The number of aromatic amines is 1. The lowest BCUT2D eigenvalue weighted by Gasteiger charge is -2.18. The molecule has 0 fully saturated rings. The molecule has 0 saturated heterocycles. The van der Waals surface area contributed by atoms with E-state index in [1.54, 1.807) is 12.1 Å². The summed E-state index contributed by atoms with van der Waals surface area (Å²) in [5, 5.41) is 0. The fraction of sp³-hybridized carbons (Fsp3) is 0.346. The van der Waals surface area contributed by atoms with Gasteiger partial charge in [-0.05, 0) is 31.0 Å². The van der Waals surface area contributed by atoms with Crippen LogP contribution in [-0.4, -0.2) is 31.0 Å². The van der Waals surface area contributed by atoms with Gasteiger partial charge in [-0.2, -0.15) is 0 Å². The van der Waals surface area contributed by atoms with E-state index in [9.17, 15) is 14.0 Å². The lowest BCUT2D eigenvalue weighted by Crippen LogP contribution is -2.31. The van der Waals surface area contributed by atoms with E-state index in [0.29, 0.717) is 54.6 Å². The molecule has 0 saturated carbocycles. The van der Waals surface area contributed by atoms with E-state index in [2.05, 4.69) is 18.8 Å². The molecule has 0 amide bonds. The third kappa shape index (κ3) is 5.17. The average molecular weight is 464 g/mol. The first-order chi connectivity index (χ1) is 16.3. The van der Waals surface area contributed by atoms with E-state index in [0.717, 1.165) is 12.0 Å². The highest BCUT2D eigenvalue weighted by molar-refractivity contribution is 5.71. The zero-order valence-electron chi connectivity index (χ0n) is 19.8. The molecule has 0 radical (unpaired) electrons. The Morgan fingerprint density at radius 2 is 1.71 bits per heavy atom. The van der Waals surface area contributed by atoms with Crippen LogP contribution < -0.4 is 11.2 Å². The second-order valence-electron chi connectivity index (χ2n) is 9.13. The highest BCUT2D eigenvalue weighted by Gasteiger charge is 2.20. The molecule has 0 unspecified atom stereocenters. The third-order valence-electron chi connectivity index (χ3n) is 5.89. The largest absolute Gasteiger partial charge is 0.330 e. The number of rotatable bonds is 9. The maximum absolute atomic E-state index is 14.2. The SMILES string of the molecule is CC(C)CCn1c(CN(C)Cc2ccccc2F)nc2c1c(=O)[nH]c(=O)n2Cc1ccccc1. The van der Waals surface area contributed by atoms with Gasteiger partial charge in [-0.1, -0.05) is 62.4 Å². The fourth-order valence-electron chi connectivity index (χ4n) is 4.09. The van der Waals surface area contributed by atoms with Gasteiger partial charge >= 0.3 is 5.69 Å². The first-order valence-electron chi connectivity index (χ1n) is 11.5. The summed E-state index contributed by atoms with van der Waals surface area (Å²) < 4.78 is 17.6. The van der Waals surface area contributed by atoms with Crippen LogP contribution in [0.3, 0.4) is 0 Å². The fourth-order valence-corrected chi connectivity index (χ4v) is 4.09. The molecule has 0 atom stereocenters. The maximum atomic E-state index is 14.2. The van der Waals surface area contributed by atoms with E-state index < -0.39 is 11.2 Å². The first-order valence-corrected chi connectivity index (χ1v) is 11.5. The summed E-state index contributed by atoms with van der Waals surface area (Å²) in [4.78, 5) is 34.9. The molecular weight excluding hydrogens is 433 g/mol. The molecule has 0 spiro atoms. The molecule has 4 rings (SSSR count). The summed E-state index contributed by atoms with van der Waals surface area (Å²) in [5.41, 5.74) is 1.37. The molecule has 8 heteroatoms. The second-order valence-corrected chi connectivity index (χ2v) is 9.13. The quantitative estimate of drug-likeness (QED) is 0.410. The van der Waals surface area contributed by atoms with Gasteiger partial charge in [-0.15, -0.1) is 0 Å². The van der Waals surface area contributed by atoms with Crippen LogP contribution in [0.5, 0.6) is 0 Å². The Kier molecular flexibility index (Phi) is 7.07. The summed E-state index contributed by atoms with van der Waals surface area (Å²) in [5.74, 6) is 0.846. The highest BCUT2D eigenvalue weighted by Crippen LogP contribution is 2.18. The topological polar surface area (TPSA) is 75.9 Å². The minimum absolute atomic E-state index is 0.254. The van der Waals surface area contributed by atoms with Crippen LogP contribution in [0.4, 0.5) is 4.39 Å². The van der Waals surface area contributed by atoms with Crippen molar-refractivity contribution in [3.05, 3.63) is 98.2 Å². The van der Waals surface area contributed by atoms with Crippen LogP contribution in [0, 0.1) is 11.7 Å². The molecule has 0 aliphatic rings. The van der Waals surface area contributed by atoms with Gasteiger partial charge in [0, 0.05) is 18.7 Å². The molecule has 2 heterocycles. The first kappa shape index (κ1) is 23.6. The Morgan fingerprint density at radius 3 is 2.41 bits per heavy atom. The van der Waals surface area contributed by atoms with E-state index in [1.807, 2.05) is 52.9 Å². The smallest absolute Gasteiger partial charge is 0.321 e. The van der Waals surface area contributed by atoms with E-state index in [4.69, 9.17) is 4.98 Å². The Hall–Kier alpha value is -3.52. The van der Waals surface area contributed by atoms with Gasteiger partial charge in [-0.3, -0.25) is 19.2 Å². The van der Waals surface area contributed by atoms with Crippen molar-refractivity contribution in [2.45, 2.75) is 46.4 Å². The normalized spacial score (nSPS) is 11.7. The molecular formula is C26H30FN5O2. The van der Waals surface area contributed by atoms with Crippen LogP contribution in [0.15, 0.2) is 64.2 Å². The van der Waals surface area contributed by atoms with Crippen molar-refractivity contribution in [3.8, 4) is 0 Å². The van der Waals surface area contributed by atoms with Crippen LogP contribution >= 0.6 is 0 Å². The van der Waals surface area contributed by atoms with Crippen LogP contribution in [0.1, 0.15) is 37.2 Å². The van der Waals surface area contributed by atoms with Crippen molar-refractivity contribution in [2.75, 3.05) is 7.05 Å². The van der Waals surface area contributed by atoms with Crippen molar-refractivity contribution < 1.29 is 4.39 Å². The number of benzene rings is 2. The van der Waals surface area contributed by atoms with Crippen LogP contribution in [0.25, 0.3) is 11.2 Å². The predicted molar refractivity (Wildman–Crippen MR) is 131 cm³/mol. The Labute approximate surface area is 197 Å². The Bertz CT molecular complexity index is 1390. The number of halogens is 1. The number of aromatic nitrogens is 4. The van der Waals surface area contributed by atoms with Crippen molar-refractivity contribution in [2.24, 2.45) is 5.92 Å². The van der Waals surface area contributed by atoms with Gasteiger partial charge in [0.25, 0.3) is 5.56 Å². The number of imidazole rings is 1. The number of nitrogens with zero attached hydrogens (tertiary/aromatic N) is 4. The summed E-state index contributed by atoms with van der Waals surface area (Å²) >= 11 is 0. The minimum atomic E-state index is -0.485. The number of hydrogen-bond donors (Lipinski definition) is 1. The number of fused-ring (bicyclic) bond motifs is 1.